The molecule has 0 spiro atoms. The first-order valence-electron chi connectivity index (χ1n) is 14.1. The van der Waals surface area contributed by atoms with Gasteiger partial charge in [-0.1, -0.05) is 78.4 Å². The summed E-state index contributed by atoms with van der Waals surface area (Å²) in [6.07, 6.45) is 1.66. The Balaban J connectivity index is 1.48. The van der Waals surface area contributed by atoms with Crippen molar-refractivity contribution in [2.24, 2.45) is 0 Å². The second-order valence-corrected chi connectivity index (χ2v) is 11.1. The molecule has 9 heteroatoms. The van der Waals surface area contributed by atoms with Gasteiger partial charge in [0, 0.05) is 22.9 Å². The molecular weight excluding hydrogens is 586 g/mol. The Morgan fingerprint density at radius 2 is 1.42 bits per heavy atom. The standard InChI is InChI=1S/C36H29N3O5S/c1-23-14-16-28(17-15-23)39-31(24-10-6-4-7-11-24)20-26(33(39)25-12-8-5-9-13-25)21-32(35(40)41)45-36-38-37-34(44-36)27-18-29(42-2)22-30(19-27)43-3/h4-22H,1-3H3,(H,40,41)/b32-21-. The number of hydrogen-bond donors (Lipinski definition) is 1. The van der Waals surface area contributed by atoms with Crippen LogP contribution in [0.15, 0.2) is 124 Å². The first-order chi connectivity index (χ1) is 21.9. The van der Waals surface area contributed by atoms with E-state index in [1.807, 2.05) is 73.7 Å². The van der Waals surface area contributed by atoms with Crippen molar-refractivity contribution in [1.82, 2.24) is 14.8 Å². The third-order valence-electron chi connectivity index (χ3n) is 7.14. The summed E-state index contributed by atoms with van der Waals surface area (Å²) in [4.78, 5) is 12.7. The second-order valence-electron chi connectivity index (χ2n) is 10.1. The maximum atomic E-state index is 12.7. The molecule has 6 aromatic rings. The van der Waals surface area contributed by atoms with E-state index in [4.69, 9.17) is 13.9 Å². The molecule has 0 radical (unpaired) electrons. The van der Waals surface area contributed by atoms with Gasteiger partial charge in [0.2, 0.25) is 5.89 Å². The number of benzene rings is 4. The summed E-state index contributed by atoms with van der Waals surface area (Å²) in [5.41, 5.74) is 7.12. The van der Waals surface area contributed by atoms with Crippen molar-refractivity contribution in [2.45, 2.75) is 12.1 Å². The minimum atomic E-state index is -1.12. The van der Waals surface area contributed by atoms with E-state index in [9.17, 15) is 9.90 Å². The molecule has 0 atom stereocenters. The van der Waals surface area contributed by atoms with Crippen molar-refractivity contribution < 1.29 is 23.8 Å². The highest BCUT2D eigenvalue weighted by Gasteiger charge is 2.22. The number of carbonyl (C=O) groups is 1. The van der Waals surface area contributed by atoms with Gasteiger partial charge in [-0.3, -0.25) is 0 Å². The number of methoxy groups -OCH3 is 2. The maximum absolute atomic E-state index is 12.7. The molecule has 0 saturated carbocycles. The monoisotopic (exact) mass is 615 g/mol. The highest BCUT2D eigenvalue weighted by Crippen LogP contribution is 2.39. The first-order valence-corrected chi connectivity index (χ1v) is 14.9. The molecule has 224 valence electrons. The third kappa shape index (κ3) is 6.39. The first kappa shape index (κ1) is 29.5. The van der Waals surface area contributed by atoms with E-state index in [2.05, 4.69) is 39.0 Å². The van der Waals surface area contributed by atoms with Gasteiger partial charge in [0.25, 0.3) is 5.22 Å². The van der Waals surface area contributed by atoms with Crippen LogP contribution < -0.4 is 9.47 Å². The van der Waals surface area contributed by atoms with Crippen LogP contribution in [0.2, 0.25) is 0 Å². The van der Waals surface area contributed by atoms with Gasteiger partial charge in [0.05, 0.1) is 25.6 Å². The summed E-state index contributed by atoms with van der Waals surface area (Å²) in [5.74, 6) is 0.208. The van der Waals surface area contributed by atoms with E-state index in [0.717, 1.165) is 51.1 Å². The van der Waals surface area contributed by atoms with Crippen molar-refractivity contribution in [3.8, 4) is 51.2 Å². The van der Waals surface area contributed by atoms with Gasteiger partial charge in [0.1, 0.15) is 16.4 Å². The Kier molecular flexibility index (Phi) is 8.52. The Labute approximate surface area is 264 Å². The average Bonchev–Trinajstić information content (AvgIpc) is 3.70. The Bertz CT molecular complexity index is 1960. The zero-order valence-electron chi connectivity index (χ0n) is 24.8. The molecule has 8 nitrogen and oxygen atoms in total. The summed E-state index contributed by atoms with van der Waals surface area (Å²) in [5, 5.41) is 18.7. The third-order valence-corrected chi connectivity index (χ3v) is 7.99. The van der Waals surface area contributed by atoms with Crippen molar-refractivity contribution >= 4 is 23.8 Å². The normalized spacial score (nSPS) is 11.4. The molecule has 0 fully saturated rings. The molecule has 0 saturated heterocycles. The van der Waals surface area contributed by atoms with E-state index < -0.39 is 5.97 Å². The van der Waals surface area contributed by atoms with Crippen molar-refractivity contribution in [3.05, 3.63) is 125 Å². The van der Waals surface area contributed by atoms with Crippen LogP contribution in [0, 0.1) is 6.92 Å². The van der Waals surface area contributed by atoms with Crippen LogP contribution in [0.3, 0.4) is 0 Å². The minimum absolute atomic E-state index is 0.0197. The lowest BCUT2D eigenvalue weighted by Gasteiger charge is -2.15. The number of nitrogens with zero attached hydrogens (tertiary/aromatic N) is 3. The fraction of sp³-hybridized carbons (Fsp3) is 0.0833. The molecular formula is C36H29N3O5S. The number of aryl methyl sites for hydroxylation is 1. The Hall–Kier alpha value is -5.54. The summed E-state index contributed by atoms with van der Waals surface area (Å²) >= 11 is 0.889. The molecule has 0 aliphatic carbocycles. The van der Waals surface area contributed by atoms with Crippen LogP contribution in [-0.4, -0.2) is 40.1 Å². The second kappa shape index (κ2) is 13.0. The highest BCUT2D eigenvalue weighted by molar-refractivity contribution is 8.03. The number of aromatic nitrogens is 3. The molecule has 0 aliphatic heterocycles. The Morgan fingerprint density at radius 1 is 0.800 bits per heavy atom. The van der Waals surface area contributed by atoms with E-state index in [1.165, 1.54) is 0 Å². The molecule has 2 heterocycles. The summed E-state index contributed by atoms with van der Waals surface area (Å²) < 4.78 is 18.8. The van der Waals surface area contributed by atoms with Crippen LogP contribution in [0.5, 0.6) is 11.5 Å². The zero-order chi connectivity index (χ0) is 31.3. The molecule has 45 heavy (non-hydrogen) atoms. The lowest BCUT2D eigenvalue weighted by Crippen LogP contribution is -2.01. The van der Waals surface area contributed by atoms with E-state index >= 15 is 0 Å². The quantitative estimate of drug-likeness (QED) is 0.121. The predicted octanol–water partition coefficient (Wildman–Crippen LogP) is 8.40. The molecule has 0 aliphatic rings. The van der Waals surface area contributed by atoms with Crippen LogP contribution in [-0.2, 0) is 4.79 Å². The molecule has 0 unspecified atom stereocenters. The topological polar surface area (TPSA) is 99.6 Å². The number of ether oxygens (including phenoxy) is 2. The van der Waals surface area contributed by atoms with E-state index in [-0.39, 0.29) is 16.0 Å². The van der Waals surface area contributed by atoms with Gasteiger partial charge in [-0.2, -0.15) is 0 Å². The van der Waals surface area contributed by atoms with Gasteiger partial charge in [-0.25, -0.2) is 4.79 Å². The lowest BCUT2D eigenvalue weighted by molar-refractivity contribution is -0.131. The van der Waals surface area contributed by atoms with Gasteiger partial charge in [-0.05, 0) is 66.2 Å². The fourth-order valence-electron chi connectivity index (χ4n) is 4.98. The van der Waals surface area contributed by atoms with Crippen molar-refractivity contribution in [3.63, 3.8) is 0 Å². The number of carboxylic acids is 1. The average molecular weight is 616 g/mol. The maximum Gasteiger partial charge on any atom is 0.342 e. The van der Waals surface area contributed by atoms with Gasteiger partial charge < -0.3 is 23.6 Å². The van der Waals surface area contributed by atoms with Crippen LogP contribution in [0.4, 0.5) is 0 Å². The minimum Gasteiger partial charge on any atom is -0.497 e. The molecule has 2 aromatic heterocycles. The molecule has 0 amide bonds. The number of hydrogen-bond acceptors (Lipinski definition) is 7. The van der Waals surface area contributed by atoms with E-state index in [1.54, 1.807) is 38.5 Å². The summed E-state index contributed by atoms with van der Waals surface area (Å²) in [6.45, 7) is 2.05. The summed E-state index contributed by atoms with van der Waals surface area (Å²) in [6, 6.07) is 35.5. The van der Waals surface area contributed by atoms with E-state index in [0.29, 0.717) is 17.1 Å². The lowest BCUT2D eigenvalue weighted by atomic mass is 10.1. The van der Waals surface area contributed by atoms with Crippen molar-refractivity contribution in [1.29, 1.82) is 0 Å². The number of aliphatic carboxylic acids is 1. The van der Waals surface area contributed by atoms with Gasteiger partial charge in [0.15, 0.2) is 0 Å². The molecule has 6 rings (SSSR count). The molecule has 4 aromatic carbocycles. The Morgan fingerprint density at radius 3 is 2.02 bits per heavy atom. The predicted molar refractivity (Wildman–Crippen MR) is 176 cm³/mol. The van der Waals surface area contributed by atoms with Crippen LogP contribution in [0.1, 0.15) is 11.1 Å². The number of thioether (sulfide) groups is 1. The number of carboxylic acid groups (broad SMARTS) is 1. The van der Waals surface area contributed by atoms with Crippen LogP contribution in [0.25, 0.3) is 45.7 Å². The highest BCUT2D eigenvalue weighted by atomic mass is 32.2. The zero-order valence-corrected chi connectivity index (χ0v) is 25.6. The molecule has 1 N–H and O–H groups in total. The van der Waals surface area contributed by atoms with Gasteiger partial charge in [-0.15, -0.1) is 10.2 Å². The smallest absolute Gasteiger partial charge is 0.342 e. The fourth-order valence-corrected chi connectivity index (χ4v) is 5.65. The SMILES string of the molecule is COc1cc(OC)cc(-c2nnc(S/C(=C\c3cc(-c4ccccc4)n(-c4ccc(C)cc4)c3-c3ccccc3)C(=O)O)o2)c1. The largest absolute Gasteiger partial charge is 0.497 e. The number of rotatable bonds is 10. The summed E-state index contributed by atoms with van der Waals surface area (Å²) in [7, 11) is 3.10. The van der Waals surface area contributed by atoms with Gasteiger partial charge >= 0.3 is 5.97 Å². The van der Waals surface area contributed by atoms with Crippen molar-refractivity contribution in [2.75, 3.05) is 14.2 Å². The van der Waals surface area contributed by atoms with Crippen LogP contribution >= 0.6 is 11.8 Å². The molecule has 0 bridgehead atoms.